The minimum absolute atomic E-state index is 0.0992. The van der Waals surface area contributed by atoms with Gasteiger partial charge in [0.1, 0.15) is 0 Å². The number of aromatic nitrogens is 4. The van der Waals surface area contributed by atoms with Crippen molar-refractivity contribution in [2.45, 2.75) is 33.3 Å². The van der Waals surface area contributed by atoms with Crippen LogP contribution in [-0.4, -0.2) is 82.2 Å². The van der Waals surface area contributed by atoms with Gasteiger partial charge >= 0.3 is 9.75 Å². The van der Waals surface area contributed by atoms with Crippen molar-refractivity contribution in [3.05, 3.63) is 54.7 Å². The minimum atomic E-state index is -0.0992. The molecule has 214 valence electrons. The van der Waals surface area contributed by atoms with Crippen LogP contribution in [-0.2, 0) is 38.8 Å². The summed E-state index contributed by atoms with van der Waals surface area (Å²) in [6.07, 6.45) is 0. The molecule has 3 aromatic rings. The molecule has 4 rings (SSSR count). The molecule has 9 nitrogen and oxygen atoms in total. The van der Waals surface area contributed by atoms with Crippen LogP contribution < -0.4 is 9.75 Å². The first kappa shape index (κ1) is 31.2. The third-order valence-corrected chi connectivity index (χ3v) is 11.1. The first-order valence-electron chi connectivity index (χ1n) is 12.6. The van der Waals surface area contributed by atoms with Gasteiger partial charge in [0.05, 0.1) is 52.7 Å². The molecular formula is C24H32N4O5S6. The summed E-state index contributed by atoms with van der Waals surface area (Å²) in [5, 5.41) is 8.78. The number of thioether (sulfide) groups is 4. The number of hydrogen-bond acceptors (Lipinski definition) is 13. The molecule has 15 heteroatoms. The highest BCUT2D eigenvalue weighted by Gasteiger charge is 2.09. The molecule has 0 spiro atoms. The van der Waals surface area contributed by atoms with E-state index in [1.807, 2.05) is 23.5 Å². The molecule has 0 N–H and O–H groups in total. The lowest BCUT2D eigenvalue weighted by Gasteiger charge is -2.07. The standard InChI is InChI=1S/C24H32N4O5S6/c29-23-27-4-6-31-7-5-28-24(30)39-22(26-28)37-15-11-33-9-13-35-18-20-3-1-2-19(16-20)17-34-12-8-32-10-14-36-21(25-27)38-23/h1-3,16H,4-15,17-18H2. The maximum atomic E-state index is 12.2. The van der Waals surface area contributed by atoms with E-state index in [0.717, 1.165) is 65.9 Å². The monoisotopic (exact) mass is 648 g/mol. The summed E-state index contributed by atoms with van der Waals surface area (Å²) < 4.78 is 21.5. The zero-order valence-electron chi connectivity index (χ0n) is 21.5. The van der Waals surface area contributed by atoms with Gasteiger partial charge in [-0.1, -0.05) is 47.8 Å². The fraction of sp³-hybridized carbons (Fsp3) is 0.583. The van der Waals surface area contributed by atoms with Crippen LogP contribution in [0.4, 0.5) is 0 Å². The molecule has 0 amide bonds. The molecule has 1 aliphatic heterocycles. The topological polar surface area (TPSA) is 97.5 Å². The molecule has 0 saturated heterocycles. The van der Waals surface area contributed by atoms with Gasteiger partial charge in [-0.15, -0.1) is 0 Å². The lowest BCUT2D eigenvalue weighted by atomic mass is 10.2. The van der Waals surface area contributed by atoms with Crippen LogP contribution >= 0.6 is 69.7 Å². The van der Waals surface area contributed by atoms with Gasteiger partial charge in [0.25, 0.3) is 0 Å². The van der Waals surface area contributed by atoms with Crippen molar-refractivity contribution in [2.75, 3.05) is 62.7 Å². The molecule has 0 fully saturated rings. The predicted molar refractivity (Wildman–Crippen MR) is 165 cm³/mol. The Morgan fingerprint density at radius 2 is 1.10 bits per heavy atom. The molecule has 2 aromatic heterocycles. The second-order valence-electron chi connectivity index (χ2n) is 8.17. The maximum Gasteiger partial charge on any atom is 0.325 e. The van der Waals surface area contributed by atoms with Gasteiger partial charge in [-0.05, 0) is 33.8 Å². The van der Waals surface area contributed by atoms with E-state index >= 15 is 0 Å². The summed E-state index contributed by atoms with van der Waals surface area (Å²) in [7, 11) is 0. The van der Waals surface area contributed by atoms with E-state index in [2.05, 4.69) is 34.5 Å². The SMILES string of the molecule is O=c1sc2nn1CCOCCn1nc(sc1=O)SCCOCCSCc1cccc(c1)CSCCOCCS2. The van der Waals surface area contributed by atoms with E-state index in [1.165, 1.54) is 44.0 Å². The Bertz CT molecular complexity index is 1160. The summed E-state index contributed by atoms with van der Waals surface area (Å²) in [4.78, 5) is 24.2. The number of ether oxygens (including phenoxy) is 3. The molecule has 1 aromatic carbocycles. The normalized spacial score (nSPS) is 18.4. The van der Waals surface area contributed by atoms with Crippen molar-refractivity contribution in [1.29, 1.82) is 0 Å². The van der Waals surface area contributed by atoms with Crippen LogP contribution in [0.3, 0.4) is 0 Å². The number of hydrogen-bond donors (Lipinski definition) is 0. The molecule has 0 saturated carbocycles. The minimum Gasteiger partial charge on any atom is -0.380 e. The number of fused-ring (bicyclic) bond motifs is 6. The number of nitrogens with zero attached hydrogens (tertiary/aromatic N) is 4. The first-order valence-corrected chi connectivity index (χ1v) is 18.5. The second kappa shape index (κ2) is 17.9. The van der Waals surface area contributed by atoms with Crippen LogP contribution in [0.25, 0.3) is 0 Å². The number of rotatable bonds is 0. The molecular weight excluding hydrogens is 617 g/mol. The summed E-state index contributed by atoms with van der Waals surface area (Å²) in [5.74, 6) is 5.33. The van der Waals surface area contributed by atoms with Gasteiger partial charge in [-0.3, -0.25) is 9.59 Å². The smallest absolute Gasteiger partial charge is 0.325 e. The van der Waals surface area contributed by atoms with Gasteiger partial charge < -0.3 is 14.2 Å². The summed E-state index contributed by atoms with van der Waals surface area (Å²) in [6.45, 7) is 4.08. The van der Waals surface area contributed by atoms with Crippen LogP contribution in [0, 0.1) is 0 Å². The van der Waals surface area contributed by atoms with Crippen LogP contribution in [0.5, 0.6) is 0 Å². The molecule has 6 bridgehead atoms. The van der Waals surface area contributed by atoms with Crippen molar-refractivity contribution in [2.24, 2.45) is 0 Å². The quantitative estimate of drug-likeness (QED) is 0.354. The molecule has 0 aliphatic carbocycles. The van der Waals surface area contributed by atoms with E-state index in [4.69, 9.17) is 14.2 Å². The fourth-order valence-electron chi connectivity index (χ4n) is 3.38. The Hall–Kier alpha value is -0.780. The molecule has 39 heavy (non-hydrogen) atoms. The zero-order chi connectivity index (χ0) is 27.1. The Morgan fingerprint density at radius 3 is 1.62 bits per heavy atom. The third-order valence-electron chi connectivity index (χ3n) is 5.25. The molecule has 3 heterocycles. The van der Waals surface area contributed by atoms with E-state index < -0.39 is 0 Å². The average molecular weight is 649 g/mol. The van der Waals surface area contributed by atoms with E-state index in [1.54, 1.807) is 0 Å². The van der Waals surface area contributed by atoms with Crippen LogP contribution in [0.2, 0.25) is 0 Å². The zero-order valence-corrected chi connectivity index (χ0v) is 26.4. The molecule has 0 radical (unpaired) electrons. The van der Waals surface area contributed by atoms with E-state index in [-0.39, 0.29) is 9.75 Å². The third kappa shape index (κ3) is 11.6. The molecule has 1 aliphatic rings. The Morgan fingerprint density at radius 1 is 0.641 bits per heavy atom. The van der Waals surface area contributed by atoms with Gasteiger partial charge in [-0.25, -0.2) is 9.36 Å². The average Bonchev–Trinajstić information content (AvgIpc) is 3.47. The molecule has 0 atom stereocenters. The summed E-state index contributed by atoms with van der Waals surface area (Å²) in [6, 6.07) is 8.78. The Labute approximate surface area is 252 Å². The largest absolute Gasteiger partial charge is 0.380 e. The molecule has 0 unspecified atom stereocenters. The highest BCUT2D eigenvalue weighted by Crippen LogP contribution is 2.20. The highest BCUT2D eigenvalue weighted by molar-refractivity contribution is 8.01. The highest BCUT2D eigenvalue weighted by atomic mass is 32.2. The van der Waals surface area contributed by atoms with Gasteiger partial charge in [0.15, 0.2) is 8.68 Å². The predicted octanol–water partition coefficient (Wildman–Crippen LogP) is 4.04. The van der Waals surface area contributed by atoms with Crippen molar-refractivity contribution in [1.82, 2.24) is 19.6 Å². The Balaban J connectivity index is 1.26. The Kier molecular flexibility index (Phi) is 14.3. The lowest BCUT2D eigenvalue weighted by molar-refractivity contribution is 0.112. The van der Waals surface area contributed by atoms with Crippen molar-refractivity contribution < 1.29 is 14.2 Å². The van der Waals surface area contributed by atoms with Crippen LogP contribution in [0.1, 0.15) is 11.1 Å². The van der Waals surface area contributed by atoms with E-state index in [9.17, 15) is 9.59 Å². The van der Waals surface area contributed by atoms with E-state index in [0.29, 0.717) is 52.7 Å². The van der Waals surface area contributed by atoms with Crippen molar-refractivity contribution in [3.8, 4) is 0 Å². The van der Waals surface area contributed by atoms with Crippen LogP contribution in [0.15, 0.2) is 42.5 Å². The second-order valence-corrected chi connectivity index (χ2v) is 14.9. The first-order chi connectivity index (χ1) is 19.2. The lowest BCUT2D eigenvalue weighted by Crippen LogP contribution is -2.21. The van der Waals surface area contributed by atoms with Gasteiger partial charge in [-0.2, -0.15) is 33.7 Å². The van der Waals surface area contributed by atoms with Crippen molar-refractivity contribution >= 4 is 69.7 Å². The van der Waals surface area contributed by atoms with Crippen molar-refractivity contribution in [3.63, 3.8) is 0 Å². The maximum absolute atomic E-state index is 12.2. The fourth-order valence-corrected chi connectivity index (χ4v) is 8.49. The number of benzene rings is 1. The summed E-state index contributed by atoms with van der Waals surface area (Å²) >= 11 is 9.11. The van der Waals surface area contributed by atoms with Gasteiger partial charge in [0, 0.05) is 34.5 Å². The summed E-state index contributed by atoms with van der Waals surface area (Å²) in [5.41, 5.74) is 2.67. The van der Waals surface area contributed by atoms with Gasteiger partial charge in [0.2, 0.25) is 0 Å².